The van der Waals surface area contributed by atoms with Gasteiger partial charge >= 0.3 is 0 Å². The summed E-state index contributed by atoms with van der Waals surface area (Å²) in [4.78, 5) is 11.3. The lowest BCUT2D eigenvalue weighted by Crippen LogP contribution is -2.13. The lowest BCUT2D eigenvalue weighted by molar-refractivity contribution is -0.118. The summed E-state index contributed by atoms with van der Waals surface area (Å²) in [6.45, 7) is 15.7. The van der Waals surface area contributed by atoms with Gasteiger partial charge in [-0.15, -0.1) is 0 Å². The molecule has 0 amide bonds. The SMILES string of the molecule is C=CC(=O)C(C)CCC(C)(C)/C=C\C(=C)C. The third-order valence-corrected chi connectivity index (χ3v) is 2.73. The lowest BCUT2D eigenvalue weighted by atomic mass is 9.83. The van der Waals surface area contributed by atoms with E-state index in [4.69, 9.17) is 0 Å². The summed E-state index contributed by atoms with van der Waals surface area (Å²) in [5.74, 6) is 0.217. The molecule has 0 rings (SSSR count). The van der Waals surface area contributed by atoms with Gasteiger partial charge in [0.05, 0.1) is 0 Å². The van der Waals surface area contributed by atoms with Crippen molar-refractivity contribution in [2.45, 2.75) is 40.5 Å². The predicted octanol–water partition coefficient (Wildman–Crippen LogP) is 4.32. The van der Waals surface area contributed by atoms with Gasteiger partial charge in [0.1, 0.15) is 0 Å². The number of hydrogen-bond acceptors (Lipinski definition) is 1. The first-order valence-corrected chi connectivity index (χ1v) is 5.79. The van der Waals surface area contributed by atoms with Crippen LogP contribution in [0.2, 0.25) is 0 Å². The molecule has 0 aliphatic rings. The molecule has 90 valence electrons. The van der Waals surface area contributed by atoms with Gasteiger partial charge in [-0.2, -0.15) is 0 Å². The summed E-state index contributed by atoms with van der Waals surface area (Å²) in [5.41, 5.74) is 1.18. The molecule has 0 spiro atoms. The van der Waals surface area contributed by atoms with Crippen LogP contribution in [-0.2, 0) is 4.79 Å². The number of hydrogen-bond donors (Lipinski definition) is 0. The van der Waals surface area contributed by atoms with E-state index in [1.165, 1.54) is 6.08 Å². The normalized spacial score (nSPS) is 13.8. The maximum atomic E-state index is 11.3. The van der Waals surface area contributed by atoms with Crippen molar-refractivity contribution < 1.29 is 4.79 Å². The zero-order valence-corrected chi connectivity index (χ0v) is 11.0. The van der Waals surface area contributed by atoms with Crippen molar-refractivity contribution in [2.75, 3.05) is 0 Å². The summed E-state index contributed by atoms with van der Waals surface area (Å²) in [7, 11) is 0. The number of carbonyl (C=O) groups is 1. The number of allylic oxidation sites excluding steroid dienone is 4. The molecule has 0 N–H and O–H groups in total. The van der Waals surface area contributed by atoms with Crippen molar-refractivity contribution >= 4 is 5.78 Å². The number of rotatable bonds is 7. The molecule has 0 aromatic carbocycles. The summed E-state index contributed by atoms with van der Waals surface area (Å²) in [6.07, 6.45) is 7.53. The van der Waals surface area contributed by atoms with Gasteiger partial charge in [0.15, 0.2) is 5.78 Å². The Morgan fingerprint density at radius 3 is 2.44 bits per heavy atom. The Morgan fingerprint density at radius 1 is 1.44 bits per heavy atom. The molecule has 0 radical (unpaired) electrons. The van der Waals surface area contributed by atoms with Gasteiger partial charge in [0.2, 0.25) is 0 Å². The van der Waals surface area contributed by atoms with E-state index < -0.39 is 0 Å². The Bertz CT molecular complexity index is 295. The second-order valence-electron chi connectivity index (χ2n) is 5.21. The fourth-order valence-corrected chi connectivity index (χ4v) is 1.38. The molecule has 0 aliphatic carbocycles. The van der Waals surface area contributed by atoms with Crippen molar-refractivity contribution in [1.29, 1.82) is 0 Å². The quantitative estimate of drug-likeness (QED) is 0.461. The number of carbonyl (C=O) groups excluding carboxylic acids is 1. The van der Waals surface area contributed by atoms with E-state index in [9.17, 15) is 4.79 Å². The maximum Gasteiger partial charge on any atom is 0.157 e. The molecule has 0 aromatic heterocycles. The Morgan fingerprint density at radius 2 is 2.00 bits per heavy atom. The highest BCUT2D eigenvalue weighted by atomic mass is 16.1. The molecule has 0 aromatic rings. The highest BCUT2D eigenvalue weighted by molar-refractivity contribution is 5.90. The summed E-state index contributed by atoms with van der Waals surface area (Å²) >= 11 is 0. The van der Waals surface area contributed by atoms with Crippen molar-refractivity contribution in [3.8, 4) is 0 Å². The van der Waals surface area contributed by atoms with E-state index >= 15 is 0 Å². The molecule has 0 bridgehead atoms. The van der Waals surface area contributed by atoms with Crippen LogP contribution in [0.3, 0.4) is 0 Å². The third kappa shape index (κ3) is 6.39. The molecule has 0 saturated carbocycles. The molecule has 1 nitrogen and oxygen atoms in total. The third-order valence-electron chi connectivity index (χ3n) is 2.73. The molecule has 0 heterocycles. The van der Waals surface area contributed by atoms with E-state index in [0.29, 0.717) is 0 Å². The van der Waals surface area contributed by atoms with E-state index in [-0.39, 0.29) is 17.1 Å². The molecule has 0 saturated heterocycles. The highest BCUT2D eigenvalue weighted by Crippen LogP contribution is 2.27. The molecule has 1 atom stereocenters. The van der Waals surface area contributed by atoms with E-state index in [1.807, 2.05) is 19.9 Å². The minimum absolute atomic E-state index is 0.0787. The Hall–Kier alpha value is -1.11. The smallest absolute Gasteiger partial charge is 0.157 e. The maximum absolute atomic E-state index is 11.3. The van der Waals surface area contributed by atoms with Gasteiger partial charge in [0, 0.05) is 5.92 Å². The van der Waals surface area contributed by atoms with Crippen molar-refractivity contribution in [3.05, 3.63) is 37.0 Å². The van der Waals surface area contributed by atoms with Crippen LogP contribution in [0.15, 0.2) is 37.0 Å². The first-order chi connectivity index (χ1) is 7.28. The van der Waals surface area contributed by atoms with Gasteiger partial charge in [-0.1, -0.05) is 51.7 Å². The Balaban J connectivity index is 4.23. The molecule has 1 unspecified atom stereocenters. The van der Waals surface area contributed by atoms with Crippen LogP contribution in [0, 0.1) is 11.3 Å². The zero-order chi connectivity index (χ0) is 12.8. The molecule has 1 heteroatoms. The lowest BCUT2D eigenvalue weighted by Gasteiger charge is -2.21. The summed E-state index contributed by atoms with van der Waals surface area (Å²) < 4.78 is 0. The van der Waals surface area contributed by atoms with E-state index in [1.54, 1.807) is 0 Å². The zero-order valence-electron chi connectivity index (χ0n) is 11.0. The molecular formula is C15H24O. The summed E-state index contributed by atoms with van der Waals surface area (Å²) in [6, 6.07) is 0. The monoisotopic (exact) mass is 220 g/mol. The average molecular weight is 220 g/mol. The van der Waals surface area contributed by atoms with Crippen LogP contribution in [0.25, 0.3) is 0 Å². The second kappa shape index (κ2) is 6.47. The van der Waals surface area contributed by atoms with Crippen LogP contribution in [0.4, 0.5) is 0 Å². The number of ketones is 1. The standard InChI is InChI=1S/C15H24O/c1-7-14(16)13(4)9-11-15(5,6)10-8-12(2)3/h7-8,10,13H,1-2,9,11H2,3-6H3/b10-8-. The van der Waals surface area contributed by atoms with Crippen LogP contribution in [0.1, 0.15) is 40.5 Å². The van der Waals surface area contributed by atoms with E-state index in [0.717, 1.165) is 18.4 Å². The van der Waals surface area contributed by atoms with Crippen molar-refractivity contribution in [3.63, 3.8) is 0 Å². The van der Waals surface area contributed by atoms with Crippen molar-refractivity contribution in [2.24, 2.45) is 11.3 Å². The van der Waals surface area contributed by atoms with Gasteiger partial charge in [-0.3, -0.25) is 4.79 Å². The minimum Gasteiger partial charge on any atom is -0.295 e. The Labute approximate surface area is 99.9 Å². The van der Waals surface area contributed by atoms with Gasteiger partial charge in [0.25, 0.3) is 0 Å². The van der Waals surface area contributed by atoms with E-state index in [2.05, 4.69) is 33.1 Å². The Kier molecular flexibility index (Phi) is 6.02. The van der Waals surface area contributed by atoms with Crippen LogP contribution in [-0.4, -0.2) is 5.78 Å². The van der Waals surface area contributed by atoms with Gasteiger partial charge in [-0.25, -0.2) is 0 Å². The van der Waals surface area contributed by atoms with Gasteiger partial charge < -0.3 is 0 Å². The van der Waals surface area contributed by atoms with Crippen LogP contribution in [0.5, 0.6) is 0 Å². The molecular weight excluding hydrogens is 196 g/mol. The second-order valence-corrected chi connectivity index (χ2v) is 5.21. The average Bonchev–Trinajstić information content (AvgIpc) is 2.22. The minimum atomic E-state index is 0.0787. The molecule has 0 fully saturated rings. The molecule has 0 aliphatic heterocycles. The first-order valence-electron chi connectivity index (χ1n) is 5.79. The topological polar surface area (TPSA) is 17.1 Å². The largest absolute Gasteiger partial charge is 0.295 e. The van der Waals surface area contributed by atoms with Gasteiger partial charge in [-0.05, 0) is 31.3 Å². The van der Waals surface area contributed by atoms with Crippen molar-refractivity contribution in [1.82, 2.24) is 0 Å². The molecule has 16 heavy (non-hydrogen) atoms. The predicted molar refractivity (Wildman–Crippen MR) is 71.3 cm³/mol. The van der Waals surface area contributed by atoms with Crippen LogP contribution >= 0.6 is 0 Å². The first kappa shape index (κ1) is 14.9. The van der Waals surface area contributed by atoms with Crippen LogP contribution < -0.4 is 0 Å². The fraction of sp³-hybridized carbons (Fsp3) is 0.533. The fourth-order valence-electron chi connectivity index (χ4n) is 1.38. The highest BCUT2D eigenvalue weighted by Gasteiger charge is 2.17. The summed E-state index contributed by atoms with van der Waals surface area (Å²) in [5, 5.41) is 0.